The Bertz CT molecular complexity index is 442. The zero-order valence-electron chi connectivity index (χ0n) is 12.2. The summed E-state index contributed by atoms with van der Waals surface area (Å²) in [5, 5.41) is 2.83. The number of hydrogen-bond donors (Lipinski definition) is 1. The number of aromatic nitrogens is 1. The van der Waals surface area contributed by atoms with E-state index in [0.29, 0.717) is 19.8 Å². The fourth-order valence-corrected chi connectivity index (χ4v) is 2.08. The van der Waals surface area contributed by atoms with Crippen molar-refractivity contribution in [2.75, 3.05) is 26.4 Å². The molecule has 0 radical (unpaired) electrons. The Morgan fingerprint density at radius 3 is 3.10 bits per heavy atom. The van der Waals surface area contributed by atoms with Gasteiger partial charge in [0.25, 0.3) is 0 Å². The van der Waals surface area contributed by atoms with Gasteiger partial charge in [0.15, 0.2) is 0 Å². The van der Waals surface area contributed by atoms with Crippen molar-refractivity contribution in [2.24, 2.45) is 0 Å². The van der Waals surface area contributed by atoms with E-state index in [1.807, 2.05) is 12.1 Å². The zero-order chi connectivity index (χ0) is 14.8. The molecule has 1 N–H and O–H groups in total. The molecule has 114 valence electrons. The molecule has 1 aromatic rings. The van der Waals surface area contributed by atoms with Crippen LogP contribution in [0.1, 0.15) is 24.8 Å². The predicted molar refractivity (Wildman–Crippen MR) is 80.7 cm³/mol. The fourth-order valence-electron chi connectivity index (χ4n) is 2.08. The molecular formula is C16H22N2O3. The summed E-state index contributed by atoms with van der Waals surface area (Å²) < 4.78 is 11.0. The Balaban J connectivity index is 1.50. The van der Waals surface area contributed by atoms with Crippen LogP contribution in [0, 0.1) is 0 Å². The molecule has 0 saturated carbocycles. The predicted octanol–water partition coefficient (Wildman–Crippen LogP) is 1.80. The van der Waals surface area contributed by atoms with E-state index < -0.39 is 0 Å². The van der Waals surface area contributed by atoms with Gasteiger partial charge in [-0.3, -0.25) is 9.78 Å². The zero-order valence-corrected chi connectivity index (χ0v) is 12.2. The number of hydrogen-bond acceptors (Lipinski definition) is 4. The van der Waals surface area contributed by atoms with E-state index in [1.54, 1.807) is 18.5 Å². The molecule has 1 unspecified atom stereocenters. The van der Waals surface area contributed by atoms with Crippen molar-refractivity contribution >= 4 is 12.0 Å². The molecule has 0 aromatic carbocycles. The Hall–Kier alpha value is -1.72. The van der Waals surface area contributed by atoms with Crippen molar-refractivity contribution in [2.45, 2.75) is 25.4 Å². The van der Waals surface area contributed by atoms with Crippen LogP contribution in [0.3, 0.4) is 0 Å². The third-order valence-electron chi connectivity index (χ3n) is 3.23. The first-order chi connectivity index (χ1) is 10.3. The molecule has 1 fully saturated rings. The molecule has 0 spiro atoms. The molecular weight excluding hydrogens is 268 g/mol. The van der Waals surface area contributed by atoms with Gasteiger partial charge in [-0.15, -0.1) is 0 Å². The molecule has 2 heterocycles. The molecule has 1 atom stereocenters. The molecule has 1 saturated heterocycles. The number of nitrogens with one attached hydrogen (secondary N) is 1. The standard InChI is InChI=1S/C16H22N2O3/c19-16(5-4-14-6-9-17-10-7-14)18-8-2-11-20-13-15-3-1-12-21-15/h4-7,9-10,15H,1-3,8,11-13H2,(H,18,19). The van der Waals surface area contributed by atoms with Crippen LogP contribution in [0.15, 0.2) is 30.6 Å². The second-order valence-electron chi connectivity index (χ2n) is 4.97. The first-order valence-electron chi connectivity index (χ1n) is 7.40. The summed E-state index contributed by atoms with van der Waals surface area (Å²) >= 11 is 0. The van der Waals surface area contributed by atoms with Gasteiger partial charge in [0.05, 0.1) is 12.7 Å². The Morgan fingerprint density at radius 1 is 1.48 bits per heavy atom. The van der Waals surface area contributed by atoms with Crippen molar-refractivity contribution in [3.63, 3.8) is 0 Å². The van der Waals surface area contributed by atoms with E-state index in [4.69, 9.17) is 9.47 Å². The number of amides is 1. The van der Waals surface area contributed by atoms with Crippen molar-refractivity contribution in [3.8, 4) is 0 Å². The quantitative estimate of drug-likeness (QED) is 0.586. The van der Waals surface area contributed by atoms with Gasteiger partial charge in [-0.2, -0.15) is 0 Å². The normalized spacial score (nSPS) is 18.2. The van der Waals surface area contributed by atoms with Crippen molar-refractivity contribution < 1.29 is 14.3 Å². The molecule has 2 rings (SSSR count). The highest BCUT2D eigenvalue weighted by atomic mass is 16.5. The maximum atomic E-state index is 11.6. The highest BCUT2D eigenvalue weighted by Gasteiger charge is 2.14. The van der Waals surface area contributed by atoms with E-state index in [2.05, 4.69) is 10.3 Å². The molecule has 21 heavy (non-hydrogen) atoms. The topological polar surface area (TPSA) is 60.5 Å². The van der Waals surface area contributed by atoms with Gasteiger partial charge in [0.1, 0.15) is 0 Å². The number of carbonyl (C=O) groups excluding carboxylic acids is 1. The van der Waals surface area contributed by atoms with Crippen LogP contribution in [0.2, 0.25) is 0 Å². The Morgan fingerprint density at radius 2 is 2.33 bits per heavy atom. The molecule has 1 aromatic heterocycles. The molecule has 0 bridgehead atoms. The number of rotatable bonds is 8. The maximum absolute atomic E-state index is 11.6. The fraction of sp³-hybridized carbons (Fsp3) is 0.500. The lowest BCUT2D eigenvalue weighted by atomic mass is 10.2. The largest absolute Gasteiger partial charge is 0.379 e. The summed E-state index contributed by atoms with van der Waals surface area (Å²) in [4.78, 5) is 15.5. The van der Waals surface area contributed by atoms with Crippen LogP contribution in [-0.4, -0.2) is 43.4 Å². The minimum absolute atomic E-state index is 0.0917. The van der Waals surface area contributed by atoms with Gasteiger partial charge >= 0.3 is 0 Å². The highest BCUT2D eigenvalue weighted by molar-refractivity contribution is 5.91. The summed E-state index contributed by atoms with van der Waals surface area (Å²) in [5.74, 6) is -0.0917. The van der Waals surface area contributed by atoms with Crippen LogP contribution in [0.25, 0.3) is 6.08 Å². The smallest absolute Gasteiger partial charge is 0.244 e. The second-order valence-corrected chi connectivity index (χ2v) is 4.97. The van der Waals surface area contributed by atoms with Gasteiger partial charge < -0.3 is 14.8 Å². The summed E-state index contributed by atoms with van der Waals surface area (Å²) in [6, 6.07) is 3.70. The molecule has 5 nitrogen and oxygen atoms in total. The van der Waals surface area contributed by atoms with Gasteiger partial charge in [0.2, 0.25) is 5.91 Å². The van der Waals surface area contributed by atoms with E-state index in [1.165, 1.54) is 6.08 Å². The van der Waals surface area contributed by atoms with E-state index in [0.717, 1.165) is 31.4 Å². The minimum Gasteiger partial charge on any atom is -0.379 e. The van der Waals surface area contributed by atoms with Crippen molar-refractivity contribution in [1.82, 2.24) is 10.3 Å². The van der Waals surface area contributed by atoms with Crippen LogP contribution < -0.4 is 5.32 Å². The van der Waals surface area contributed by atoms with E-state index in [-0.39, 0.29) is 12.0 Å². The van der Waals surface area contributed by atoms with Gasteiger partial charge in [-0.25, -0.2) is 0 Å². The number of nitrogens with zero attached hydrogens (tertiary/aromatic N) is 1. The van der Waals surface area contributed by atoms with Crippen molar-refractivity contribution in [3.05, 3.63) is 36.2 Å². The minimum atomic E-state index is -0.0917. The summed E-state index contributed by atoms with van der Waals surface area (Å²) in [6.07, 6.45) is 9.99. The van der Waals surface area contributed by atoms with Crippen LogP contribution in [-0.2, 0) is 14.3 Å². The number of ether oxygens (including phenoxy) is 2. The molecule has 1 aliphatic heterocycles. The lowest BCUT2D eigenvalue weighted by Crippen LogP contribution is -2.23. The van der Waals surface area contributed by atoms with Crippen LogP contribution in [0.5, 0.6) is 0 Å². The highest BCUT2D eigenvalue weighted by Crippen LogP contribution is 2.11. The van der Waals surface area contributed by atoms with Gasteiger partial charge in [0, 0.05) is 38.2 Å². The Labute approximate surface area is 125 Å². The van der Waals surface area contributed by atoms with Crippen molar-refractivity contribution in [1.29, 1.82) is 0 Å². The average molecular weight is 290 g/mol. The first kappa shape index (κ1) is 15.7. The molecule has 1 amide bonds. The second kappa shape index (κ2) is 9.26. The lowest BCUT2D eigenvalue weighted by Gasteiger charge is -2.09. The first-order valence-corrected chi connectivity index (χ1v) is 7.40. The third-order valence-corrected chi connectivity index (χ3v) is 3.23. The lowest BCUT2D eigenvalue weighted by molar-refractivity contribution is -0.116. The molecule has 0 aliphatic carbocycles. The molecule has 1 aliphatic rings. The average Bonchev–Trinajstić information content (AvgIpc) is 3.03. The summed E-state index contributed by atoms with van der Waals surface area (Å²) in [5.41, 5.74) is 0.958. The number of carbonyl (C=O) groups is 1. The van der Waals surface area contributed by atoms with Gasteiger partial charge in [-0.05, 0) is 43.0 Å². The van der Waals surface area contributed by atoms with Gasteiger partial charge in [-0.1, -0.05) is 0 Å². The number of pyridine rings is 1. The monoisotopic (exact) mass is 290 g/mol. The maximum Gasteiger partial charge on any atom is 0.244 e. The van der Waals surface area contributed by atoms with Crippen LogP contribution in [0.4, 0.5) is 0 Å². The summed E-state index contributed by atoms with van der Waals surface area (Å²) in [7, 11) is 0. The van der Waals surface area contributed by atoms with Crippen LogP contribution >= 0.6 is 0 Å². The SMILES string of the molecule is O=C(C=Cc1ccncc1)NCCCOCC1CCCO1. The summed E-state index contributed by atoms with van der Waals surface area (Å²) in [6.45, 7) is 2.78. The van der Waals surface area contributed by atoms with E-state index >= 15 is 0 Å². The third kappa shape index (κ3) is 6.51. The Kier molecular flexibility index (Phi) is 6.91. The molecule has 5 heteroatoms. The van der Waals surface area contributed by atoms with E-state index in [9.17, 15) is 4.79 Å².